The van der Waals surface area contributed by atoms with Crippen LogP contribution in [0.1, 0.15) is 12.0 Å². The molecule has 2 rings (SSSR count). The normalized spacial score (nSPS) is 15.0. The first-order valence-corrected chi connectivity index (χ1v) is 6.46. The standard InChI is InChI=1S/C13H15ClN2O3/c14-11-4-2-10(3-5-11)8-15-12(17)9-16-6-1-7-19-13(16)18/h2-5H,1,6-9H2,(H,15,17). The molecule has 0 atom stereocenters. The SMILES string of the molecule is O=C(CN1CCCOC1=O)NCc1ccc(Cl)cc1. The summed E-state index contributed by atoms with van der Waals surface area (Å²) in [5.41, 5.74) is 0.957. The van der Waals surface area contributed by atoms with Gasteiger partial charge >= 0.3 is 6.09 Å². The van der Waals surface area contributed by atoms with Crippen LogP contribution in [0, 0.1) is 0 Å². The summed E-state index contributed by atoms with van der Waals surface area (Å²) in [5, 5.41) is 3.41. The maximum atomic E-state index is 11.7. The minimum absolute atomic E-state index is 0.0341. The third-order valence-electron chi connectivity index (χ3n) is 2.79. The highest BCUT2D eigenvalue weighted by atomic mass is 35.5. The van der Waals surface area contributed by atoms with Crippen molar-refractivity contribution in [1.82, 2.24) is 10.2 Å². The molecule has 5 nitrogen and oxygen atoms in total. The highest BCUT2D eigenvalue weighted by Crippen LogP contribution is 2.09. The van der Waals surface area contributed by atoms with Crippen molar-refractivity contribution in [2.24, 2.45) is 0 Å². The van der Waals surface area contributed by atoms with Gasteiger partial charge in [0.25, 0.3) is 0 Å². The molecule has 0 spiro atoms. The van der Waals surface area contributed by atoms with Crippen LogP contribution in [-0.2, 0) is 16.1 Å². The molecule has 1 saturated heterocycles. The molecule has 1 aromatic rings. The van der Waals surface area contributed by atoms with Crippen molar-refractivity contribution in [3.05, 3.63) is 34.9 Å². The quantitative estimate of drug-likeness (QED) is 0.916. The van der Waals surface area contributed by atoms with Gasteiger partial charge in [0.05, 0.1) is 6.61 Å². The number of rotatable bonds is 4. The predicted molar refractivity (Wildman–Crippen MR) is 70.8 cm³/mol. The predicted octanol–water partition coefficient (Wildman–Crippen LogP) is 1.80. The number of cyclic esters (lactones) is 1. The number of carbonyl (C=O) groups excluding carboxylic acids is 2. The van der Waals surface area contributed by atoms with Gasteiger partial charge in [-0.25, -0.2) is 4.79 Å². The van der Waals surface area contributed by atoms with Gasteiger partial charge in [0.15, 0.2) is 0 Å². The summed E-state index contributed by atoms with van der Waals surface area (Å²) in [6, 6.07) is 7.23. The second-order valence-corrected chi connectivity index (χ2v) is 4.73. The zero-order valence-corrected chi connectivity index (χ0v) is 11.2. The number of benzene rings is 1. The van der Waals surface area contributed by atoms with E-state index in [4.69, 9.17) is 16.3 Å². The molecule has 0 bridgehead atoms. The first-order chi connectivity index (χ1) is 9.15. The lowest BCUT2D eigenvalue weighted by Gasteiger charge is -2.25. The van der Waals surface area contributed by atoms with Gasteiger partial charge in [-0.1, -0.05) is 23.7 Å². The molecule has 1 aromatic carbocycles. The molecule has 0 saturated carbocycles. The Morgan fingerprint density at radius 3 is 2.79 bits per heavy atom. The van der Waals surface area contributed by atoms with Crippen LogP contribution in [0.2, 0.25) is 5.02 Å². The van der Waals surface area contributed by atoms with Gasteiger partial charge in [-0.15, -0.1) is 0 Å². The van der Waals surface area contributed by atoms with Crippen molar-refractivity contribution in [2.75, 3.05) is 19.7 Å². The molecule has 0 radical (unpaired) electrons. The molecule has 1 aliphatic rings. The zero-order chi connectivity index (χ0) is 13.7. The molecular formula is C13H15ClN2O3. The topological polar surface area (TPSA) is 58.6 Å². The summed E-state index contributed by atoms with van der Waals surface area (Å²) in [6.45, 7) is 1.44. The number of hydrogen-bond donors (Lipinski definition) is 1. The minimum Gasteiger partial charge on any atom is -0.449 e. The Labute approximate surface area is 116 Å². The molecule has 0 aliphatic carbocycles. The third-order valence-corrected chi connectivity index (χ3v) is 3.05. The van der Waals surface area contributed by atoms with E-state index in [1.807, 2.05) is 12.1 Å². The fourth-order valence-electron chi connectivity index (χ4n) is 1.77. The number of halogens is 1. The average molecular weight is 283 g/mol. The Hall–Kier alpha value is -1.75. The monoisotopic (exact) mass is 282 g/mol. The van der Waals surface area contributed by atoms with Crippen LogP contribution in [0.5, 0.6) is 0 Å². The van der Waals surface area contributed by atoms with Gasteiger partial charge in [0, 0.05) is 18.1 Å². The largest absolute Gasteiger partial charge is 0.449 e. The molecule has 1 aliphatic heterocycles. The lowest BCUT2D eigenvalue weighted by atomic mass is 10.2. The summed E-state index contributed by atoms with van der Waals surface area (Å²) in [7, 11) is 0. The smallest absolute Gasteiger partial charge is 0.410 e. The van der Waals surface area contributed by atoms with Crippen LogP contribution in [0.3, 0.4) is 0 Å². The van der Waals surface area contributed by atoms with Crippen molar-refractivity contribution >= 4 is 23.6 Å². The number of ether oxygens (including phenoxy) is 1. The van der Waals surface area contributed by atoms with Crippen LogP contribution in [0.15, 0.2) is 24.3 Å². The van der Waals surface area contributed by atoms with Gasteiger partial charge in [-0.3, -0.25) is 9.69 Å². The summed E-state index contributed by atoms with van der Waals surface area (Å²) in [5.74, 6) is -0.200. The molecule has 6 heteroatoms. The van der Waals surface area contributed by atoms with Crippen molar-refractivity contribution in [3.8, 4) is 0 Å². The molecular weight excluding hydrogens is 268 g/mol. The summed E-state index contributed by atoms with van der Waals surface area (Å²) >= 11 is 5.77. The maximum absolute atomic E-state index is 11.7. The Kier molecular flexibility index (Phi) is 4.63. The summed E-state index contributed by atoms with van der Waals surface area (Å²) < 4.78 is 4.86. The van der Waals surface area contributed by atoms with E-state index in [0.29, 0.717) is 24.7 Å². The first-order valence-electron chi connectivity index (χ1n) is 6.08. The van der Waals surface area contributed by atoms with Crippen LogP contribution >= 0.6 is 11.6 Å². The Morgan fingerprint density at radius 1 is 1.37 bits per heavy atom. The first kappa shape index (κ1) is 13.7. The fourth-order valence-corrected chi connectivity index (χ4v) is 1.90. The summed E-state index contributed by atoms with van der Waals surface area (Å²) in [4.78, 5) is 24.5. The van der Waals surface area contributed by atoms with Crippen molar-refractivity contribution in [2.45, 2.75) is 13.0 Å². The fraction of sp³-hybridized carbons (Fsp3) is 0.385. The van der Waals surface area contributed by atoms with Crippen LogP contribution in [0.25, 0.3) is 0 Å². The maximum Gasteiger partial charge on any atom is 0.410 e. The second kappa shape index (κ2) is 6.43. The zero-order valence-electron chi connectivity index (χ0n) is 10.4. The molecule has 0 unspecified atom stereocenters. The molecule has 1 N–H and O–H groups in total. The summed E-state index contributed by atoms with van der Waals surface area (Å²) in [6.07, 6.45) is 0.337. The van der Waals surface area contributed by atoms with Gasteiger partial charge in [0.2, 0.25) is 5.91 Å². The van der Waals surface area contributed by atoms with Crippen LogP contribution in [-0.4, -0.2) is 36.6 Å². The average Bonchev–Trinajstić information content (AvgIpc) is 2.41. The van der Waals surface area contributed by atoms with E-state index >= 15 is 0 Å². The van der Waals surface area contributed by atoms with E-state index < -0.39 is 6.09 Å². The number of amides is 2. The van der Waals surface area contributed by atoms with Gasteiger partial charge in [-0.2, -0.15) is 0 Å². The number of nitrogens with one attached hydrogen (secondary N) is 1. The van der Waals surface area contributed by atoms with E-state index in [-0.39, 0.29) is 12.5 Å². The lowest BCUT2D eigenvalue weighted by molar-refractivity contribution is -0.122. The molecule has 0 aromatic heterocycles. The Balaban J connectivity index is 1.78. The molecule has 19 heavy (non-hydrogen) atoms. The molecule has 1 fully saturated rings. The van der Waals surface area contributed by atoms with E-state index in [2.05, 4.69) is 5.32 Å². The van der Waals surface area contributed by atoms with Crippen LogP contribution in [0.4, 0.5) is 4.79 Å². The van der Waals surface area contributed by atoms with Gasteiger partial charge < -0.3 is 10.1 Å². The minimum atomic E-state index is -0.423. The highest BCUT2D eigenvalue weighted by molar-refractivity contribution is 6.30. The molecule has 102 valence electrons. The Morgan fingerprint density at radius 2 is 2.11 bits per heavy atom. The Bertz CT molecular complexity index is 461. The van der Waals surface area contributed by atoms with E-state index in [0.717, 1.165) is 12.0 Å². The van der Waals surface area contributed by atoms with Crippen molar-refractivity contribution in [3.63, 3.8) is 0 Å². The third kappa shape index (κ3) is 4.13. The molecule has 1 heterocycles. The molecule has 2 amide bonds. The second-order valence-electron chi connectivity index (χ2n) is 4.29. The van der Waals surface area contributed by atoms with Gasteiger partial charge in [0.1, 0.15) is 6.54 Å². The van der Waals surface area contributed by atoms with Crippen LogP contribution < -0.4 is 5.32 Å². The number of hydrogen-bond acceptors (Lipinski definition) is 3. The van der Waals surface area contributed by atoms with E-state index in [1.165, 1.54) is 4.90 Å². The number of nitrogens with zero attached hydrogens (tertiary/aromatic N) is 1. The van der Waals surface area contributed by atoms with Crippen molar-refractivity contribution in [1.29, 1.82) is 0 Å². The highest BCUT2D eigenvalue weighted by Gasteiger charge is 2.21. The van der Waals surface area contributed by atoms with E-state index in [9.17, 15) is 9.59 Å². The number of carbonyl (C=O) groups is 2. The van der Waals surface area contributed by atoms with Crippen molar-refractivity contribution < 1.29 is 14.3 Å². The van der Waals surface area contributed by atoms with Gasteiger partial charge in [-0.05, 0) is 24.1 Å². The lowest BCUT2D eigenvalue weighted by Crippen LogP contribution is -2.44. The van der Waals surface area contributed by atoms with E-state index in [1.54, 1.807) is 12.1 Å².